The highest BCUT2D eigenvalue weighted by Gasteiger charge is 2.62. The Hall–Kier alpha value is -0.530. The third kappa shape index (κ3) is 3.51. The first-order valence-corrected chi connectivity index (χ1v) is 9.61. The molecule has 2 saturated carbocycles. The van der Waals surface area contributed by atoms with Crippen LogP contribution in [0, 0.1) is 16.7 Å². The lowest BCUT2D eigenvalue weighted by atomic mass is 9.70. The predicted molar refractivity (Wildman–Crippen MR) is 91.7 cm³/mol. The fourth-order valence-corrected chi connectivity index (χ4v) is 4.75. The van der Waals surface area contributed by atoms with Crippen LogP contribution in [0.5, 0.6) is 0 Å². The molecule has 2 heteroatoms. The minimum atomic E-state index is 0.0446. The second kappa shape index (κ2) is 7.36. The molecule has 2 aliphatic rings. The Labute approximate surface area is 137 Å². The van der Waals surface area contributed by atoms with Crippen LogP contribution >= 0.6 is 0 Å². The van der Waals surface area contributed by atoms with Crippen molar-refractivity contribution in [3.63, 3.8) is 0 Å². The van der Waals surface area contributed by atoms with Gasteiger partial charge in [-0.15, -0.1) is 0 Å². The van der Waals surface area contributed by atoms with Gasteiger partial charge in [0.2, 0.25) is 0 Å². The number of hydrogen-bond donors (Lipinski definition) is 0. The zero-order valence-corrected chi connectivity index (χ0v) is 15.2. The number of unbranched alkanes of at least 4 members (excludes halogenated alkanes) is 6. The maximum Gasteiger partial charge on any atom is 0.306 e. The lowest BCUT2D eigenvalue weighted by Crippen LogP contribution is -2.38. The SMILES string of the molecule is CCCCCCCCCC(=O)O[C@H]1C[C@H]2CC[C@@]1(C)C2(C)C. The number of ether oxygens (including phenoxy) is 1. The third-order valence-corrected chi connectivity index (χ3v) is 6.97. The summed E-state index contributed by atoms with van der Waals surface area (Å²) in [5.41, 5.74) is 0.532. The van der Waals surface area contributed by atoms with Crippen LogP contribution in [0.15, 0.2) is 0 Å². The number of hydrogen-bond acceptors (Lipinski definition) is 2. The second-order valence-corrected chi connectivity index (χ2v) is 8.46. The summed E-state index contributed by atoms with van der Waals surface area (Å²) in [6, 6.07) is 0. The fraction of sp³-hybridized carbons (Fsp3) is 0.950. The summed E-state index contributed by atoms with van der Waals surface area (Å²) >= 11 is 0. The molecule has 2 aliphatic carbocycles. The smallest absolute Gasteiger partial charge is 0.306 e. The van der Waals surface area contributed by atoms with E-state index in [2.05, 4.69) is 27.7 Å². The topological polar surface area (TPSA) is 26.3 Å². The number of carbonyl (C=O) groups excluding carboxylic acids is 1. The fourth-order valence-electron chi connectivity index (χ4n) is 4.75. The van der Waals surface area contributed by atoms with Crippen molar-refractivity contribution in [2.24, 2.45) is 16.7 Å². The van der Waals surface area contributed by atoms with Crippen molar-refractivity contribution < 1.29 is 9.53 Å². The van der Waals surface area contributed by atoms with Crippen LogP contribution in [0.25, 0.3) is 0 Å². The molecule has 0 N–H and O–H groups in total. The average Bonchev–Trinajstić information content (AvgIpc) is 2.79. The molecule has 3 atom stereocenters. The minimum Gasteiger partial charge on any atom is -0.462 e. The van der Waals surface area contributed by atoms with Crippen molar-refractivity contribution in [2.45, 2.75) is 104 Å². The first kappa shape index (κ1) is 17.8. The summed E-state index contributed by atoms with van der Waals surface area (Å²) in [5.74, 6) is 0.789. The molecule has 0 spiro atoms. The highest BCUT2D eigenvalue weighted by Crippen LogP contribution is 2.66. The molecule has 0 aromatic carbocycles. The van der Waals surface area contributed by atoms with Crippen molar-refractivity contribution in [3.8, 4) is 0 Å². The van der Waals surface area contributed by atoms with E-state index >= 15 is 0 Å². The van der Waals surface area contributed by atoms with Crippen LogP contribution < -0.4 is 0 Å². The first-order valence-electron chi connectivity index (χ1n) is 9.61. The van der Waals surface area contributed by atoms with Crippen LogP contribution in [-0.4, -0.2) is 12.1 Å². The predicted octanol–water partition coefficient (Wildman–Crippen LogP) is 5.89. The first-order chi connectivity index (χ1) is 10.4. The largest absolute Gasteiger partial charge is 0.462 e. The molecule has 0 aromatic rings. The normalized spacial score (nSPS) is 32.4. The molecule has 22 heavy (non-hydrogen) atoms. The Morgan fingerprint density at radius 1 is 1.05 bits per heavy atom. The molecule has 0 heterocycles. The van der Waals surface area contributed by atoms with Gasteiger partial charge in [0.05, 0.1) is 0 Å². The molecular formula is C20H36O2. The van der Waals surface area contributed by atoms with Crippen LogP contribution in [-0.2, 0) is 9.53 Å². The Morgan fingerprint density at radius 3 is 2.23 bits per heavy atom. The molecule has 0 aliphatic heterocycles. The van der Waals surface area contributed by atoms with Crippen LogP contribution in [0.4, 0.5) is 0 Å². The number of rotatable bonds is 9. The summed E-state index contributed by atoms with van der Waals surface area (Å²) in [6.07, 6.45) is 13.2. The standard InChI is InChI=1S/C20H36O2/c1-5-6-7-8-9-10-11-12-18(21)22-17-15-16-13-14-20(17,4)19(16,2)3/h16-17H,5-15H2,1-4H3/t16-,17+,20-/m1/s1. The minimum absolute atomic E-state index is 0.0446. The molecule has 2 rings (SSSR count). The summed E-state index contributed by atoms with van der Waals surface area (Å²) in [4.78, 5) is 12.1. The van der Waals surface area contributed by atoms with Crippen molar-refractivity contribution in [1.82, 2.24) is 0 Å². The molecule has 128 valence electrons. The maximum absolute atomic E-state index is 12.1. The molecule has 0 unspecified atom stereocenters. The van der Waals surface area contributed by atoms with E-state index in [1.54, 1.807) is 0 Å². The summed E-state index contributed by atoms with van der Waals surface area (Å²) in [6.45, 7) is 9.32. The Balaban J connectivity index is 1.64. The van der Waals surface area contributed by atoms with E-state index < -0.39 is 0 Å². The summed E-state index contributed by atoms with van der Waals surface area (Å²) < 4.78 is 5.89. The maximum atomic E-state index is 12.1. The van der Waals surface area contributed by atoms with E-state index in [1.807, 2.05) is 0 Å². The Kier molecular flexibility index (Phi) is 5.96. The quantitative estimate of drug-likeness (QED) is 0.392. The van der Waals surface area contributed by atoms with Crippen molar-refractivity contribution in [2.75, 3.05) is 0 Å². The lowest BCUT2D eigenvalue weighted by Gasteiger charge is -2.38. The van der Waals surface area contributed by atoms with Crippen molar-refractivity contribution in [1.29, 1.82) is 0 Å². The van der Waals surface area contributed by atoms with Gasteiger partial charge in [-0.05, 0) is 37.0 Å². The number of carbonyl (C=O) groups is 1. The van der Waals surface area contributed by atoms with Gasteiger partial charge in [-0.3, -0.25) is 4.79 Å². The zero-order valence-electron chi connectivity index (χ0n) is 15.2. The van der Waals surface area contributed by atoms with Gasteiger partial charge in [-0.25, -0.2) is 0 Å². The van der Waals surface area contributed by atoms with E-state index in [4.69, 9.17) is 4.74 Å². The molecule has 0 radical (unpaired) electrons. The van der Waals surface area contributed by atoms with Crippen molar-refractivity contribution >= 4 is 5.97 Å². The van der Waals surface area contributed by atoms with Crippen LogP contribution in [0.2, 0.25) is 0 Å². The molecular weight excluding hydrogens is 272 g/mol. The monoisotopic (exact) mass is 308 g/mol. The van der Waals surface area contributed by atoms with E-state index in [1.165, 1.54) is 51.4 Å². The van der Waals surface area contributed by atoms with E-state index in [0.29, 0.717) is 11.8 Å². The number of esters is 1. The van der Waals surface area contributed by atoms with Gasteiger partial charge < -0.3 is 4.74 Å². The molecule has 2 bridgehead atoms. The van der Waals surface area contributed by atoms with Crippen molar-refractivity contribution in [3.05, 3.63) is 0 Å². The van der Waals surface area contributed by atoms with Gasteiger partial charge in [0.25, 0.3) is 0 Å². The molecule has 2 fully saturated rings. The summed E-state index contributed by atoms with van der Waals surface area (Å²) in [7, 11) is 0. The highest BCUT2D eigenvalue weighted by molar-refractivity contribution is 5.69. The lowest BCUT2D eigenvalue weighted by molar-refractivity contribution is -0.157. The van der Waals surface area contributed by atoms with Gasteiger partial charge in [0, 0.05) is 11.8 Å². The van der Waals surface area contributed by atoms with E-state index in [0.717, 1.165) is 18.8 Å². The Morgan fingerprint density at radius 2 is 1.68 bits per heavy atom. The highest BCUT2D eigenvalue weighted by atomic mass is 16.5. The van der Waals surface area contributed by atoms with Gasteiger partial charge in [0.15, 0.2) is 0 Å². The Bertz CT molecular complexity index is 374. The zero-order chi connectivity index (χ0) is 16.2. The molecule has 2 nitrogen and oxygen atoms in total. The molecule has 0 saturated heterocycles. The molecule has 0 aromatic heterocycles. The number of fused-ring (bicyclic) bond motifs is 2. The molecule has 0 amide bonds. The summed E-state index contributed by atoms with van der Waals surface area (Å²) in [5, 5.41) is 0. The van der Waals surface area contributed by atoms with E-state index in [-0.39, 0.29) is 17.5 Å². The van der Waals surface area contributed by atoms with Gasteiger partial charge in [-0.2, -0.15) is 0 Å². The second-order valence-electron chi connectivity index (χ2n) is 8.46. The van der Waals surface area contributed by atoms with Crippen LogP contribution in [0.1, 0.15) is 98.3 Å². The van der Waals surface area contributed by atoms with Gasteiger partial charge in [0.1, 0.15) is 6.10 Å². The third-order valence-electron chi connectivity index (χ3n) is 6.97. The van der Waals surface area contributed by atoms with Crippen LogP contribution in [0.3, 0.4) is 0 Å². The average molecular weight is 309 g/mol. The van der Waals surface area contributed by atoms with E-state index in [9.17, 15) is 4.79 Å². The van der Waals surface area contributed by atoms with Gasteiger partial charge in [-0.1, -0.05) is 66.2 Å². The van der Waals surface area contributed by atoms with Gasteiger partial charge >= 0.3 is 5.97 Å².